The van der Waals surface area contributed by atoms with E-state index in [0.29, 0.717) is 0 Å². The predicted molar refractivity (Wildman–Crippen MR) is 42.3 cm³/mol. The van der Waals surface area contributed by atoms with Crippen molar-refractivity contribution in [3.63, 3.8) is 0 Å². The molecular weight excluding hydrogens is 204 g/mol. The van der Waals surface area contributed by atoms with E-state index in [2.05, 4.69) is 0 Å². The van der Waals surface area contributed by atoms with Gasteiger partial charge in [-0.1, -0.05) is 0 Å². The molecule has 12 heavy (non-hydrogen) atoms. The second-order valence-electron chi connectivity index (χ2n) is 2.72. The Morgan fingerprint density at radius 2 is 1.17 bits per heavy atom. The number of ketones is 1. The molecule has 0 amide bonds. The lowest BCUT2D eigenvalue weighted by Gasteiger charge is -1.93. The van der Waals surface area contributed by atoms with Crippen molar-refractivity contribution in [1.29, 1.82) is 0 Å². The highest BCUT2D eigenvalue weighted by molar-refractivity contribution is 7.97. The molecule has 0 N–H and O–H groups in total. The van der Waals surface area contributed by atoms with Gasteiger partial charge in [0.2, 0.25) is 0 Å². The predicted octanol–water partition coefficient (Wildman–Crippen LogP) is -1.60. The van der Waals surface area contributed by atoms with Gasteiger partial charge in [-0.05, 0) is 0 Å². The van der Waals surface area contributed by atoms with Crippen molar-refractivity contribution >= 4 is 25.5 Å². The minimum Gasteiger partial charge on any atom is -0.297 e. The largest absolute Gasteiger partial charge is 0.297 e. The van der Waals surface area contributed by atoms with E-state index >= 15 is 0 Å². The molecule has 1 rings (SSSR count). The van der Waals surface area contributed by atoms with Gasteiger partial charge in [-0.15, -0.1) is 0 Å². The quantitative estimate of drug-likeness (QED) is 0.482. The van der Waals surface area contributed by atoms with Gasteiger partial charge in [-0.25, -0.2) is 16.8 Å². The molecule has 0 radical (unpaired) electrons. The summed E-state index contributed by atoms with van der Waals surface area (Å²) in [6, 6.07) is 0. The average molecular weight is 212 g/mol. The highest BCUT2D eigenvalue weighted by Gasteiger charge is 2.28. The Morgan fingerprint density at radius 3 is 1.50 bits per heavy atom. The zero-order chi connectivity index (χ0) is 9.41. The van der Waals surface area contributed by atoms with E-state index in [1.54, 1.807) is 0 Å². The standard InChI is InChI=1S/C5H8O5S2/c6-5-3-11(7,8)1-2-12(9,10)4-5/h1-4H2. The molecule has 0 aromatic heterocycles. The maximum atomic E-state index is 10.9. The molecule has 0 aliphatic carbocycles. The van der Waals surface area contributed by atoms with E-state index in [1.807, 2.05) is 0 Å². The molecule has 0 atom stereocenters. The van der Waals surface area contributed by atoms with Crippen LogP contribution in [-0.4, -0.2) is 45.6 Å². The monoisotopic (exact) mass is 212 g/mol. The van der Waals surface area contributed by atoms with E-state index in [0.717, 1.165) is 0 Å². The fourth-order valence-corrected chi connectivity index (χ4v) is 4.57. The Hall–Kier alpha value is -0.430. The lowest BCUT2D eigenvalue weighted by Crippen LogP contribution is -2.18. The van der Waals surface area contributed by atoms with Gasteiger partial charge in [0.25, 0.3) is 0 Å². The average Bonchev–Trinajstić information content (AvgIpc) is 1.87. The van der Waals surface area contributed by atoms with E-state index in [-0.39, 0.29) is 0 Å². The van der Waals surface area contributed by atoms with E-state index in [4.69, 9.17) is 0 Å². The zero-order valence-corrected chi connectivity index (χ0v) is 7.82. The van der Waals surface area contributed by atoms with Crippen LogP contribution in [0.25, 0.3) is 0 Å². The summed E-state index contributed by atoms with van der Waals surface area (Å²) in [6.07, 6.45) is 0. The lowest BCUT2D eigenvalue weighted by atomic mass is 10.5. The van der Waals surface area contributed by atoms with Gasteiger partial charge in [0, 0.05) is 0 Å². The minimum atomic E-state index is -3.47. The summed E-state index contributed by atoms with van der Waals surface area (Å²) >= 11 is 0. The van der Waals surface area contributed by atoms with Crippen molar-refractivity contribution in [2.24, 2.45) is 0 Å². The Balaban J connectivity index is 3.03. The van der Waals surface area contributed by atoms with Crippen LogP contribution in [0, 0.1) is 0 Å². The SMILES string of the molecule is O=C1CS(=O)(=O)CCS(=O)(=O)C1. The number of hydrogen-bond donors (Lipinski definition) is 0. The van der Waals surface area contributed by atoms with Crippen molar-refractivity contribution < 1.29 is 21.6 Å². The molecule has 0 saturated carbocycles. The molecule has 1 fully saturated rings. The third-order valence-electron chi connectivity index (χ3n) is 1.47. The molecule has 1 aliphatic rings. The van der Waals surface area contributed by atoms with Gasteiger partial charge in [0.1, 0.15) is 11.5 Å². The van der Waals surface area contributed by atoms with Crippen LogP contribution in [0.5, 0.6) is 0 Å². The summed E-state index contributed by atoms with van der Waals surface area (Å²) in [5.41, 5.74) is 0. The zero-order valence-electron chi connectivity index (χ0n) is 6.19. The van der Waals surface area contributed by atoms with Gasteiger partial charge in [-0.2, -0.15) is 0 Å². The van der Waals surface area contributed by atoms with Crippen LogP contribution in [0.3, 0.4) is 0 Å². The van der Waals surface area contributed by atoms with Gasteiger partial charge >= 0.3 is 0 Å². The van der Waals surface area contributed by atoms with Crippen LogP contribution in [-0.2, 0) is 24.5 Å². The summed E-state index contributed by atoms with van der Waals surface area (Å²) in [6.45, 7) is 0. The first-order valence-corrected chi connectivity index (χ1v) is 6.88. The van der Waals surface area contributed by atoms with Crippen molar-refractivity contribution in [1.82, 2.24) is 0 Å². The fraction of sp³-hybridized carbons (Fsp3) is 0.800. The number of hydrogen-bond acceptors (Lipinski definition) is 5. The molecule has 1 heterocycles. The van der Waals surface area contributed by atoms with E-state index in [1.165, 1.54) is 0 Å². The molecule has 0 bridgehead atoms. The molecule has 1 saturated heterocycles. The molecule has 0 spiro atoms. The number of rotatable bonds is 0. The summed E-state index contributed by atoms with van der Waals surface area (Å²) in [5, 5.41) is 0. The Morgan fingerprint density at radius 1 is 0.833 bits per heavy atom. The third-order valence-corrected chi connectivity index (χ3v) is 4.90. The van der Waals surface area contributed by atoms with Crippen molar-refractivity contribution in [2.75, 3.05) is 23.0 Å². The fourth-order valence-electron chi connectivity index (χ4n) is 0.931. The number of sulfone groups is 2. The molecule has 70 valence electrons. The van der Waals surface area contributed by atoms with Crippen LogP contribution in [0.15, 0.2) is 0 Å². The minimum absolute atomic E-state index is 0.429. The second kappa shape index (κ2) is 2.81. The molecular formula is C5H8O5S2. The van der Waals surface area contributed by atoms with Crippen LogP contribution < -0.4 is 0 Å². The molecule has 0 aromatic carbocycles. The third kappa shape index (κ3) is 2.56. The summed E-state index contributed by atoms with van der Waals surface area (Å²) in [7, 11) is -6.94. The topological polar surface area (TPSA) is 85.3 Å². The Kier molecular flexibility index (Phi) is 2.26. The first-order chi connectivity index (χ1) is 5.31. The molecule has 1 aliphatic heterocycles. The molecule has 5 nitrogen and oxygen atoms in total. The number of carbonyl (C=O) groups is 1. The van der Waals surface area contributed by atoms with Gasteiger partial charge < -0.3 is 0 Å². The molecule has 0 unspecified atom stereocenters. The number of carbonyl (C=O) groups excluding carboxylic acids is 1. The summed E-state index contributed by atoms with van der Waals surface area (Å²) in [5.74, 6) is -2.85. The Bertz CT molecular complexity index is 350. The highest BCUT2D eigenvalue weighted by atomic mass is 32.2. The smallest absolute Gasteiger partial charge is 0.162 e. The van der Waals surface area contributed by atoms with Crippen LogP contribution in [0.1, 0.15) is 0 Å². The summed E-state index contributed by atoms with van der Waals surface area (Å²) in [4.78, 5) is 10.8. The maximum absolute atomic E-state index is 10.9. The second-order valence-corrected chi connectivity index (χ2v) is 7.09. The first kappa shape index (κ1) is 9.66. The van der Waals surface area contributed by atoms with Gasteiger partial charge in [0.05, 0.1) is 11.5 Å². The Labute approximate surface area is 70.6 Å². The highest BCUT2D eigenvalue weighted by Crippen LogP contribution is 2.03. The molecule has 7 heteroatoms. The van der Waals surface area contributed by atoms with Crippen molar-refractivity contribution in [3.05, 3.63) is 0 Å². The first-order valence-electron chi connectivity index (χ1n) is 3.23. The van der Waals surface area contributed by atoms with E-state index in [9.17, 15) is 21.6 Å². The lowest BCUT2D eigenvalue weighted by molar-refractivity contribution is -0.114. The molecule has 0 aromatic rings. The number of Topliss-reactive ketones (excluding diaryl/α,β-unsaturated/α-hetero) is 1. The van der Waals surface area contributed by atoms with Crippen molar-refractivity contribution in [2.45, 2.75) is 0 Å². The van der Waals surface area contributed by atoms with Crippen LogP contribution in [0.4, 0.5) is 0 Å². The van der Waals surface area contributed by atoms with Crippen LogP contribution >= 0.6 is 0 Å². The van der Waals surface area contributed by atoms with Gasteiger partial charge in [-0.3, -0.25) is 4.79 Å². The van der Waals surface area contributed by atoms with E-state index < -0.39 is 48.5 Å². The summed E-state index contributed by atoms with van der Waals surface area (Å²) < 4.78 is 43.5. The van der Waals surface area contributed by atoms with Gasteiger partial charge in [0.15, 0.2) is 25.5 Å². The maximum Gasteiger partial charge on any atom is 0.162 e. The van der Waals surface area contributed by atoms with Crippen LogP contribution in [0.2, 0.25) is 0 Å². The van der Waals surface area contributed by atoms with Crippen molar-refractivity contribution in [3.8, 4) is 0 Å². The normalized spacial score (nSPS) is 27.8.